The van der Waals surface area contributed by atoms with Gasteiger partial charge >= 0.3 is 0 Å². The Morgan fingerprint density at radius 3 is 2.80 bits per heavy atom. The molecule has 1 aromatic rings. The molecule has 78 valence electrons. The van der Waals surface area contributed by atoms with Crippen LogP contribution < -0.4 is 4.90 Å². The molecule has 0 atom stereocenters. The van der Waals surface area contributed by atoms with Crippen molar-refractivity contribution in [1.29, 1.82) is 5.26 Å². The molecule has 1 amide bonds. The fourth-order valence-electron chi connectivity index (χ4n) is 1.11. The molecule has 0 aliphatic carbocycles. The second-order valence-corrected chi connectivity index (χ2v) is 4.81. The standard InChI is InChI=1S/C10H9IN2OS/c1-13(10(14)15-2)9-5-8(11)4-3-7(9)6-12/h3-5H,1-2H3. The van der Waals surface area contributed by atoms with Crippen molar-refractivity contribution in [3.63, 3.8) is 0 Å². The lowest BCUT2D eigenvalue weighted by Crippen LogP contribution is -2.22. The highest BCUT2D eigenvalue weighted by atomic mass is 127. The van der Waals surface area contributed by atoms with Crippen molar-refractivity contribution < 1.29 is 4.79 Å². The minimum Gasteiger partial charge on any atom is -0.305 e. The van der Waals surface area contributed by atoms with Crippen LogP contribution in [0.5, 0.6) is 0 Å². The van der Waals surface area contributed by atoms with E-state index in [4.69, 9.17) is 5.26 Å². The first-order valence-corrected chi connectivity index (χ1v) is 6.42. The van der Waals surface area contributed by atoms with Gasteiger partial charge in [0.15, 0.2) is 0 Å². The van der Waals surface area contributed by atoms with Crippen LogP contribution in [0.1, 0.15) is 5.56 Å². The van der Waals surface area contributed by atoms with E-state index in [-0.39, 0.29) is 5.24 Å². The molecule has 0 heterocycles. The molecule has 0 unspecified atom stereocenters. The number of carbonyl (C=O) groups is 1. The summed E-state index contributed by atoms with van der Waals surface area (Å²) >= 11 is 3.28. The van der Waals surface area contributed by atoms with Crippen LogP contribution in [0.2, 0.25) is 0 Å². The molecule has 0 spiro atoms. The number of anilines is 1. The minimum atomic E-state index is -0.0755. The summed E-state index contributed by atoms with van der Waals surface area (Å²) in [4.78, 5) is 13.0. The molecule has 1 aromatic carbocycles. The van der Waals surface area contributed by atoms with E-state index in [0.29, 0.717) is 11.3 Å². The first-order chi connectivity index (χ1) is 7.10. The number of benzene rings is 1. The van der Waals surface area contributed by atoms with Gasteiger partial charge in [-0.3, -0.25) is 4.79 Å². The highest BCUT2D eigenvalue weighted by Gasteiger charge is 2.13. The fourth-order valence-corrected chi connectivity index (χ4v) is 1.96. The topological polar surface area (TPSA) is 44.1 Å². The number of nitrogens with zero attached hydrogens (tertiary/aromatic N) is 2. The summed E-state index contributed by atoms with van der Waals surface area (Å²) in [5.74, 6) is 0. The van der Waals surface area contributed by atoms with Crippen molar-refractivity contribution >= 4 is 45.3 Å². The van der Waals surface area contributed by atoms with E-state index in [9.17, 15) is 4.79 Å². The SMILES string of the molecule is CSC(=O)N(C)c1cc(I)ccc1C#N. The number of thioether (sulfide) groups is 1. The third kappa shape index (κ3) is 2.86. The predicted molar refractivity (Wildman–Crippen MR) is 71.2 cm³/mol. The Labute approximate surface area is 107 Å². The molecular formula is C10H9IN2OS. The van der Waals surface area contributed by atoms with Crippen molar-refractivity contribution in [1.82, 2.24) is 0 Å². The zero-order valence-electron chi connectivity index (χ0n) is 8.32. The van der Waals surface area contributed by atoms with Crippen LogP contribution in [0.3, 0.4) is 0 Å². The highest BCUT2D eigenvalue weighted by molar-refractivity contribution is 14.1. The number of halogens is 1. The van der Waals surface area contributed by atoms with E-state index >= 15 is 0 Å². The third-order valence-electron chi connectivity index (χ3n) is 1.89. The lowest BCUT2D eigenvalue weighted by molar-refractivity contribution is 0.266. The van der Waals surface area contributed by atoms with E-state index in [1.165, 1.54) is 4.90 Å². The van der Waals surface area contributed by atoms with Crippen LogP contribution in [0.15, 0.2) is 18.2 Å². The van der Waals surface area contributed by atoms with Crippen molar-refractivity contribution in [3.05, 3.63) is 27.3 Å². The Bertz CT molecular complexity index is 428. The molecule has 0 N–H and O–H groups in total. The van der Waals surface area contributed by atoms with Gasteiger partial charge in [-0.05, 0) is 47.0 Å². The van der Waals surface area contributed by atoms with Crippen LogP contribution in [0, 0.1) is 14.9 Å². The van der Waals surface area contributed by atoms with E-state index in [0.717, 1.165) is 15.3 Å². The van der Waals surface area contributed by atoms with Crippen LogP contribution in [0.4, 0.5) is 10.5 Å². The second-order valence-electron chi connectivity index (χ2n) is 2.80. The maximum absolute atomic E-state index is 11.5. The van der Waals surface area contributed by atoms with Crippen LogP contribution in [-0.2, 0) is 0 Å². The molecule has 0 bridgehead atoms. The van der Waals surface area contributed by atoms with Crippen molar-refractivity contribution in [2.24, 2.45) is 0 Å². The quantitative estimate of drug-likeness (QED) is 0.743. The number of rotatable bonds is 1. The Kier molecular flexibility index (Phi) is 4.42. The van der Waals surface area contributed by atoms with Gasteiger partial charge in [-0.1, -0.05) is 11.8 Å². The summed E-state index contributed by atoms with van der Waals surface area (Å²) in [6.45, 7) is 0. The van der Waals surface area contributed by atoms with Crippen molar-refractivity contribution in [3.8, 4) is 6.07 Å². The fraction of sp³-hybridized carbons (Fsp3) is 0.200. The maximum Gasteiger partial charge on any atom is 0.285 e. The Morgan fingerprint density at radius 1 is 1.60 bits per heavy atom. The van der Waals surface area contributed by atoms with E-state index in [2.05, 4.69) is 28.7 Å². The lowest BCUT2D eigenvalue weighted by atomic mass is 10.2. The van der Waals surface area contributed by atoms with Gasteiger partial charge in [0.1, 0.15) is 6.07 Å². The summed E-state index contributed by atoms with van der Waals surface area (Å²) in [5.41, 5.74) is 1.17. The smallest absolute Gasteiger partial charge is 0.285 e. The van der Waals surface area contributed by atoms with Gasteiger partial charge in [0.25, 0.3) is 5.24 Å². The molecule has 15 heavy (non-hydrogen) atoms. The largest absolute Gasteiger partial charge is 0.305 e. The van der Waals surface area contributed by atoms with Crippen LogP contribution in [0.25, 0.3) is 0 Å². The Hall–Kier alpha value is -0.740. The Morgan fingerprint density at radius 2 is 2.27 bits per heavy atom. The summed E-state index contributed by atoms with van der Waals surface area (Å²) in [6.07, 6.45) is 1.72. The summed E-state index contributed by atoms with van der Waals surface area (Å²) < 4.78 is 1.00. The average Bonchev–Trinajstić information content (AvgIpc) is 2.27. The van der Waals surface area contributed by atoms with E-state index in [1.807, 2.05) is 12.1 Å². The first kappa shape index (κ1) is 12.3. The van der Waals surface area contributed by atoms with Gasteiger partial charge in [0, 0.05) is 10.6 Å². The molecule has 0 saturated carbocycles. The summed E-state index contributed by atoms with van der Waals surface area (Å²) in [5, 5.41) is 8.84. The summed E-state index contributed by atoms with van der Waals surface area (Å²) in [6, 6.07) is 7.47. The average molecular weight is 332 g/mol. The minimum absolute atomic E-state index is 0.0755. The van der Waals surface area contributed by atoms with Gasteiger partial charge in [-0.25, -0.2) is 0 Å². The molecule has 3 nitrogen and oxygen atoms in total. The number of nitriles is 1. The van der Waals surface area contributed by atoms with Crippen molar-refractivity contribution in [2.45, 2.75) is 0 Å². The third-order valence-corrected chi connectivity index (χ3v) is 3.18. The first-order valence-electron chi connectivity index (χ1n) is 4.11. The highest BCUT2D eigenvalue weighted by Crippen LogP contribution is 2.23. The predicted octanol–water partition coefficient (Wildman–Crippen LogP) is 3.08. The zero-order valence-corrected chi connectivity index (χ0v) is 11.3. The molecule has 0 radical (unpaired) electrons. The number of amides is 1. The van der Waals surface area contributed by atoms with Gasteiger partial charge in [-0.15, -0.1) is 0 Å². The molecule has 1 rings (SSSR count). The monoisotopic (exact) mass is 332 g/mol. The molecule has 0 aliphatic heterocycles. The normalized spacial score (nSPS) is 9.47. The van der Waals surface area contributed by atoms with Gasteiger partial charge in [0.05, 0.1) is 11.3 Å². The van der Waals surface area contributed by atoms with Crippen LogP contribution in [-0.4, -0.2) is 18.5 Å². The number of hydrogen-bond acceptors (Lipinski definition) is 3. The number of hydrogen-bond donors (Lipinski definition) is 0. The maximum atomic E-state index is 11.5. The molecular weight excluding hydrogens is 323 g/mol. The van der Waals surface area contributed by atoms with Gasteiger partial charge in [-0.2, -0.15) is 5.26 Å². The Balaban J connectivity index is 3.18. The molecule has 0 aromatic heterocycles. The number of carbonyl (C=O) groups excluding carboxylic acids is 1. The van der Waals surface area contributed by atoms with Crippen LogP contribution >= 0.6 is 34.4 Å². The van der Waals surface area contributed by atoms with Gasteiger partial charge < -0.3 is 4.90 Å². The zero-order chi connectivity index (χ0) is 11.4. The van der Waals surface area contributed by atoms with E-state index in [1.54, 1.807) is 19.4 Å². The van der Waals surface area contributed by atoms with E-state index < -0.39 is 0 Å². The molecule has 5 heteroatoms. The van der Waals surface area contributed by atoms with Crippen molar-refractivity contribution in [2.75, 3.05) is 18.2 Å². The molecule has 0 aliphatic rings. The molecule has 0 saturated heterocycles. The lowest BCUT2D eigenvalue weighted by Gasteiger charge is -2.17. The molecule has 0 fully saturated rings. The van der Waals surface area contributed by atoms with Gasteiger partial charge in [0.2, 0.25) is 0 Å². The second kappa shape index (κ2) is 5.37. The summed E-state index contributed by atoms with van der Waals surface area (Å²) in [7, 11) is 1.67.